The molecule has 2 aromatic carbocycles. The van der Waals surface area contributed by atoms with Crippen LogP contribution in [0.15, 0.2) is 53.4 Å². The van der Waals surface area contributed by atoms with Crippen LogP contribution >= 0.6 is 11.6 Å². The second-order valence-corrected chi connectivity index (χ2v) is 11.6. The number of nitrogens with one attached hydrogen (secondary N) is 1. The lowest BCUT2D eigenvalue weighted by Crippen LogP contribution is -2.55. The molecule has 2 fully saturated rings. The molecule has 0 aromatic heterocycles. The van der Waals surface area contributed by atoms with E-state index in [0.29, 0.717) is 42.3 Å². The van der Waals surface area contributed by atoms with Crippen molar-refractivity contribution in [3.63, 3.8) is 0 Å². The number of sulfonamides is 1. The molecule has 2 aliphatic heterocycles. The van der Waals surface area contributed by atoms with Crippen LogP contribution in [0.2, 0.25) is 5.02 Å². The molecule has 10 heteroatoms. The number of likely N-dealkylation sites (tertiary alicyclic amines) is 1. The maximum absolute atomic E-state index is 13.6. The van der Waals surface area contributed by atoms with Crippen molar-refractivity contribution in [3.8, 4) is 5.75 Å². The van der Waals surface area contributed by atoms with Gasteiger partial charge in [-0.05, 0) is 80.5 Å². The van der Waals surface area contributed by atoms with Crippen LogP contribution in [0, 0.1) is 5.92 Å². The number of carbonyl (C=O) groups is 2. The summed E-state index contributed by atoms with van der Waals surface area (Å²) >= 11 is 5.91. The molecule has 0 saturated carbocycles. The van der Waals surface area contributed by atoms with Gasteiger partial charge in [-0.2, -0.15) is 4.31 Å². The van der Waals surface area contributed by atoms with Gasteiger partial charge in [-0.25, -0.2) is 8.42 Å². The molecule has 4 rings (SSSR count). The van der Waals surface area contributed by atoms with E-state index in [1.807, 2.05) is 4.90 Å². The predicted octanol–water partition coefficient (Wildman–Crippen LogP) is 3.56. The monoisotopic (exact) mass is 533 g/mol. The molecular weight excluding hydrogens is 502 g/mol. The summed E-state index contributed by atoms with van der Waals surface area (Å²) in [5, 5.41) is 3.45. The number of piperidine rings is 2. The van der Waals surface area contributed by atoms with Crippen LogP contribution in [0.3, 0.4) is 0 Å². The Morgan fingerprint density at radius 1 is 1.00 bits per heavy atom. The Labute approximate surface area is 217 Å². The Hall–Kier alpha value is -2.62. The summed E-state index contributed by atoms with van der Waals surface area (Å²) in [5.74, 6) is -0.0571. The van der Waals surface area contributed by atoms with E-state index in [0.717, 1.165) is 19.3 Å². The number of nitrogens with zero attached hydrogens (tertiary/aromatic N) is 2. The first-order chi connectivity index (χ1) is 17.3. The normalized spacial score (nSPS) is 18.4. The highest BCUT2D eigenvalue weighted by atomic mass is 35.5. The van der Waals surface area contributed by atoms with Gasteiger partial charge < -0.3 is 15.0 Å². The molecule has 1 unspecified atom stereocenters. The summed E-state index contributed by atoms with van der Waals surface area (Å²) in [6.07, 6.45) is 3.91. The minimum atomic E-state index is -3.66. The van der Waals surface area contributed by atoms with Crippen molar-refractivity contribution in [2.75, 3.05) is 33.3 Å². The van der Waals surface area contributed by atoms with E-state index in [-0.39, 0.29) is 35.7 Å². The Bertz CT molecular complexity index is 1170. The fourth-order valence-electron chi connectivity index (χ4n) is 4.89. The summed E-state index contributed by atoms with van der Waals surface area (Å²) in [7, 11) is -2.13. The number of hydrogen-bond acceptors (Lipinski definition) is 5. The van der Waals surface area contributed by atoms with Crippen molar-refractivity contribution in [1.82, 2.24) is 14.5 Å². The van der Waals surface area contributed by atoms with Crippen LogP contribution in [0.25, 0.3) is 0 Å². The SMILES string of the molecule is COc1cccc(C(=O)NC(C(=O)N2CCCCC2)C2CCN(S(=O)(=O)c3ccc(Cl)cc3)CC2)c1. The first-order valence-corrected chi connectivity index (χ1v) is 14.1. The second kappa shape index (κ2) is 11.6. The highest BCUT2D eigenvalue weighted by molar-refractivity contribution is 7.89. The smallest absolute Gasteiger partial charge is 0.252 e. The van der Waals surface area contributed by atoms with Crippen LogP contribution < -0.4 is 10.1 Å². The van der Waals surface area contributed by atoms with Gasteiger partial charge in [-0.3, -0.25) is 9.59 Å². The van der Waals surface area contributed by atoms with Crippen molar-refractivity contribution in [2.24, 2.45) is 5.92 Å². The van der Waals surface area contributed by atoms with Crippen molar-refractivity contribution in [3.05, 3.63) is 59.1 Å². The van der Waals surface area contributed by atoms with Gasteiger partial charge in [0.25, 0.3) is 5.91 Å². The topological polar surface area (TPSA) is 96.0 Å². The second-order valence-electron chi connectivity index (χ2n) is 9.26. The van der Waals surface area contributed by atoms with Gasteiger partial charge >= 0.3 is 0 Å². The molecule has 0 aliphatic carbocycles. The highest BCUT2D eigenvalue weighted by Crippen LogP contribution is 2.28. The Kier molecular flexibility index (Phi) is 8.54. The predicted molar refractivity (Wildman–Crippen MR) is 138 cm³/mol. The first-order valence-electron chi connectivity index (χ1n) is 12.3. The molecule has 2 saturated heterocycles. The average molecular weight is 534 g/mol. The number of halogens is 1. The fourth-order valence-corrected chi connectivity index (χ4v) is 6.48. The lowest BCUT2D eigenvalue weighted by molar-refractivity contribution is -0.135. The summed E-state index contributed by atoms with van der Waals surface area (Å²) in [5.41, 5.74) is 0.411. The number of carbonyl (C=O) groups excluding carboxylic acids is 2. The molecule has 194 valence electrons. The van der Waals surface area contributed by atoms with Gasteiger partial charge in [0.05, 0.1) is 12.0 Å². The minimum Gasteiger partial charge on any atom is -0.497 e. The van der Waals surface area contributed by atoms with Crippen molar-refractivity contribution < 1.29 is 22.7 Å². The van der Waals surface area contributed by atoms with E-state index < -0.39 is 16.1 Å². The van der Waals surface area contributed by atoms with Crippen molar-refractivity contribution in [1.29, 1.82) is 0 Å². The van der Waals surface area contributed by atoms with E-state index in [1.54, 1.807) is 36.4 Å². The van der Waals surface area contributed by atoms with E-state index in [2.05, 4.69) is 5.32 Å². The minimum absolute atomic E-state index is 0.0926. The molecule has 2 amide bonds. The third kappa shape index (κ3) is 6.02. The molecule has 8 nitrogen and oxygen atoms in total. The molecule has 36 heavy (non-hydrogen) atoms. The maximum Gasteiger partial charge on any atom is 0.252 e. The number of ether oxygens (including phenoxy) is 1. The van der Waals surface area contributed by atoms with E-state index in [1.165, 1.54) is 23.5 Å². The molecule has 0 bridgehead atoms. The maximum atomic E-state index is 13.6. The first kappa shape index (κ1) is 26.4. The number of amides is 2. The van der Waals surface area contributed by atoms with Gasteiger partial charge in [0, 0.05) is 36.8 Å². The zero-order chi connectivity index (χ0) is 25.7. The van der Waals surface area contributed by atoms with E-state index in [9.17, 15) is 18.0 Å². The van der Waals surface area contributed by atoms with Gasteiger partial charge in [-0.1, -0.05) is 17.7 Å². The third-order valence-corrected chi connectivity index (χ3v) is 9.14. The van der Waals surface area contributed by atoms with Gasteiger partial charge in [0.15, 0.2) is 0 Å². The van der Waals surface area contributed by atoms with E-state index >= 15 is 0 Å². The van der Waals surface area contributed by atoms with Crippen molar-refractivity contribution in [2.45, 2.75) is 43.0 Å². The van der Waals surface area contributed by atoms with Crippen LogP contribution in [-0.4, -0.2) is 68.8 Å². The molecule has 0 radical (unpaired) electrons. The standard InChI is InChI=1S/C26H32ClN3O5S/c1-35-22-7-5-6-20(18-22)25(31)28-24(26(32)29-14-3-2-4-15-29)19-12-16-30(17-13-19)36(33,34)23-10-8-21(27)9-11-23/h5-11,18-19,24H,2-4,12-17H2,1H3,(H,28,31). The lowest BCUT2D eigenvalue weighted by Gasteiger charge is -2.38. The number of hydrogen-bond donors (Lipinski definition) is 1. The summed E-state index contributed by atoms with van der Waals surface area (Å²) in [6.45, 7) is 1.89. The van der Waals surface area contributed by atoms with E-state index in [4.69, 9.17) is 16.3 Å². The molecule has 1 N–H and O–H groups in total. The Balaban J connectivity index is 1.50. The lowest BCUT2D eigenvalue weighted by atomic mass is 9.88. The molecule has 0 spiro atoms. The van der Waals surface area contributed by atoms with Gasteiger partial charge in [-0.15, -0.1) is 0 Å². The molecular formula is C26H32ClN3O5S. The largest absolute Gasteiger partial charge is 0.497 e. The summed E-state index contributed by atoms with van der Waals surface area (Å²) in [4.78, 5) is 28.7. The Morgan fingerprint density at radius 2 is 1.67 bits per heavy atom. The molecule has 1 atom stereocenters. The zero-order valence-electron chi connectivity index (χ0n) is 20.4. The van der Waals surface area contributed by atoms with Gasteiger partial charge in [0.2, 0.25) is 15.9 Å². The van der Waals surface area contributed by atoms with Crippen LogP contribution in [0.1, 0.15) is 42.5 Å². The van der Waals surface area contributed by atoms with Gasteiger partial charge in [0.1, 0.15) is 11.8 Å². The van der Waals surface area contributed by atoms with Crippen LogP contribution in [0.5, 0.6) is 5.75 Å². The number of methoxy groups -OCH3 is 1. The van der Waals surface area contributed by atoms with Crippen molar-refractivity contribution >= 4 is 33.4 Å². The number of benzene rings is 2. The molecule has 2 aromatic rings. The highest BCUT2D eigenvalue weighted by Gasteiger charge is 2.38. The third-order valence-electron chi connectivity index (χ3n) is 6.97. The Morgan fingerprint density at radius 3 is 2.31 bits per heavy atom. The summed E-state index contributed by atoms with van der Waals surface area (Å²) < 4.78 is 32.9. The molecule has 2 heterocycles. The van der Waals surface area contributed by atoms with Crippen LogP contribution in [-0.2, 0) is 14.8 Å². The molecule has 2 aliphatic rings. The fraction of sp³-hybridized carbons (Fsp3) is 0.462. The average Bonchev–Trinajstić information content (AvgIpc) is 2.92. The quantitative estimate of drug-likeness (QED) is 0.587. The number of rotatable bonds is 7. The van der Waals surface area contributed by atoms with Crippen LogP contribution in [0.4, 0.5) is 0 Å². The zero-order valence-corrected chi connectivity index (χ0v) is 21.9. The summed E-state index contributed by atoms with van der Waals surface area (Å²) in [6, 6.07) is 12.2.